The summed E-state index contributed by atoms with van der Waals surface area (Å²) in [7, 11) is 0. The van der Waals surface area contributed by atoms with Crippen LogP contribution in [0.4, 0.5) is 5.69 Å². The Morgan fingerprint density at radius 2 is 2.24 bits per heavy atom. The standard InChI is InChI=1S/C14H15NO6/c1-8-6-9(20-5-4-16)2-3-10(8)15-13-12(14(18)19)11(17)7-21-13/h2-3,6,15-16H,4-5,7H2,1H3,(H,18,19). The molecule has 0 bridgehead atoms. The number of anilines is 1. The molecular formula is C14H15NO6. The zero-order valence-electron chi connectivity index (χ0n) is 11.4. The molecule has 0 unspecified atom stereocenters. The predicted molar refractivity (Wildman–Crippen MR) is 73.0 cm³/mol. The average molecular weight is 293 g/mol. The van der Waals surface area contributed by atoms with Gasteiger partial charge in [-0.3, -0.25) is 4.79 Å². The van der Waals surface area contributed by atoms with Crippen molar-refractivity contribution in [2.24, 2.45) is 0 Å². The molecule has 0 atom stereocenters. The highest BCUT2D eigenvalue weighted by molar-refractivity contribution is 6.19. The Balaban J connectivity index is 2.20. The van der Waals surface area contributed by atoms with Crippen molar-refractivity contribution < 1.29 is 29.3 Å². The number of hydrogen-bond donors (Lipinski definition) is 3. The Hall–Kier alpha value is -2.54. The van der Waals surface area contributed by atoms with Gasteiger partial charge in [-0.25, -0.2) is 4.79 Å². The first-order valence-corrected chi connectivity index (χ1v) is 6.28. The number of ketones is 1. The van der Waals surface area contributed by atoms with E-state index in [2.05, 4.69) is 5.32 Å². The average Bonchev–Trinajstić information content (AvgIpc) is 2.80. The Labute approximate surface area is 120 Å². The summed E-state index contributed by atoms with van der Waals surface area (Å²) in [6, 6.07) is 5.08. The second-order valence-electron chi connectivity index (χ2n) is 4.39. The number of ether oxygens (including phenoxy) is 2. The van der Waals surface area contributed by atoms with E-state index in [9.17, 15) is 9.59 Å². The van der Waals surface area contributed by atoms with Gasteiger partial charge in [0.15, 0.2) is 12.2 Å². The molecule has 1 aliphatic rings. The van der Waals surface area contributed by atoms with Gasteiger partial charge in [0.1, 0.15) is 12.4 Å². The molecular weight excluding hydrogens is 278 g/mol. The van der Waals surface area contributed by atoms with Crippen LogP contribution in [0.15, 0.2) is 29.7 Å². The van der Waals surface area contributed by atoms with Crippen LogP contribution in [-0.4, -0.2) is 41.8 Å². The van der Waals surface area contributed by atoms with Gasteiger partial charge in [0.25, 0.3) is 0 Å². The van der Waals surface area contributed by atoms with Crippen molar-refractivity contribution in [3.05, 3.63) is 35.2 Å². The van der Waals surface area contributed by atoms with E-state index >= 15 is 0 Å². The normalized spacial score (nSPS) is 14.1. The third-order valence-corrected chi connectivity index (χ3v) is 2.87. The van der Waals surface area contributed by atoms with Gasteiger partial charge in [-0.1, -0.05) is 0 Å². The topological polar surface area (TPSA) is 105 Å². The summed E-state index contributed by atoms with van der Waals surface area (Å²) in [5, 5.41) is 20.5. The van der Waals surface area contributed by atoms with Crippen molar-refractivity contribution in [1.82, 2.24) is 0 Å². The maximum Gasteiger partial charge on any atom is 0.344 e. The fraction of sp³-hybridized carbons (Fsp3) is 0.286. The molecule has 0 aliphatic carbocycles. The zero-order valence-corrected chi connectivity index (χ0v) is 11.4. The van der Waals surface area contributed by atoms with Crippen LogP contribution in [0.1, 0.15) is 5.56 Å². The maximum atomic E-state index is 11.4. The van der Waals surface area contributed by atoms with Gasteiger partial charge < -0.3 is 25.0 Å². The van der Waals surface area contributed by atoms with E-state index in [1.807, 2.05) is 0 Å². The van der Waals surface area contributed by atoms with Crippen molar-refractivity contribution in [2.45, 2.75) is 6.92 Å². The second-order valence-corrected chi connectivity index (χ2v) is 4.39. The summed E-state index contributed by atoms with van der Waals surface area (Å²) in [6.07, 6.45) is 0. The number of aryl methyl sites for hydroxylation is 1. The summed E-state index contributed by atoms with van der Waals surface area (Å²) in [6.45, 7) is 1.63. The van der Waals surface area contributed by atoms with Crippen LogP contribution in [-0.2, 0) is 14.3 Å². The van der Waals surface area contributed by atoms with Crippen LogP contribution in [0.3, 0.4) is 0 Å². The molecule has 1 aliphatic heterocycles. The van der Waals surface area contributed by atoms with E-state index in [4.69, 9.17) is 19.7 Å². The maximum absolute atomic E-state index is 11.4. The molecule has 0 aromatic heterocycles. The van der Waals surface area contributed by atoms with Crippen molar-refractivity contribution in [3.63, 3.8) is 0 Å². The molecule has 0 fully saturated rings. The third kappa shape index (κ3) is 3.32. The van der Waals surface area contributed by atoms with Gasteiger partial charge >= 0.3 is 5.97 Å². The lowest BCUT2D eigenvalue weighted by molar-refractivity contribution is -0.134. The number of aliphatic hydroxyl groups excluding tert-OH is 1. The van der Waals surface area contributed by atoms with E-state index in [0.29, 0.717) is 11.4 Å². The first-order valence-electron chi connectivity index (χ1n) is 6.28. The number of Topliss-reactive ketones (excluding diaryl/α,β-unsaturated/α-hetero) is 1. The van der Waals surface area contributed by atoms with Crippen molar-refractivity contribution >= 4 is 17.4 Å². The van der Waals surface area contributed by atoms with Gasteiger partial charge in [-0.2, -0.15) is 0 Å². The van der Waals surface area contributed by atoms with Crippen LogP contribution in [0, 0.1) is 6.92 Å². The minimum atomic E-state index is -1.32. The quantitative estimate of drug-likeness (QED) is 0.662. The largest absolute Gasteiger partial charge is 0.491 e. The van der Waals surface area contributed by atoms with Crippen molar-refractivity contribution in [3.8, 4) is 5.75 Å². The zero-order chi connectivity index (χ0) is 15.4. The highest BCUT2D eigenvalue weighted by Gasteiger charge is 2.31. The smallest absolute Gasteiger partial charge is 0.344 e. The highest BCUT2D eigenvalue weighted by Crippen LogP contribution is 2.25. The molecule has 7 heteroatoms. The molecule has 2 rings (SSSR count). The number of carbonyl (C=O) groups is 2. The number of rotatable bonds is 6. The number of carboxylic acids is 1. The van der Waals surface area contributed by atoms with E-state index in [0.717, 1.165) is 5.56 Å². The summed E-state index contributed by atoms with van der Waals surface area (Å²) >= 11 is 0. The Bertz CT molecular complexity index is 607. The molecule has 0 saturated heterocycles. The van der Waals surface area contributed by atoms with Gasteiger partial charge in [0.05, 0.1) is 6.61 Å². The number of hydrogen-bond acceptors (Lipinski definition) is 6. The van der Waals surface area contributed by atoms with E-state index in [1.165, 1.54) is 0 Å². The molecule has 1 aromatic carbocycles. The number of carbonyl (C=O) groups excluding carboxylic acids is 1. The van der Waals surface area contributed by atoms with Crippen LogP contribution >= 0.6 is 0 Å². The van der Waals surface area contributed by atoms with Gasteiger partial charge in [-0.15, -0.1) is 0 Å². The summed E-state index contributed by atoms with van der Waals surface area (Å²) in [5.74, 6) is -1.35. The molecule has 0 saturated carbocycles. The van der Waals surface area contributed by atoms with Gasteiger partial charge in [0, 0.05) is 5.69 Å². The van der Waals surface area contributed by atoms with E-state index < -0.39 is 11.8 Å². The first kappa shape index (κ1) is 14.9. The molecule has 112 valence electrons. The molecule has 1 aromatic rings. The lowest BCUT2D eigenvalue weighted by Crippen LogP contribution is -2.12. The molecule has 0 amide bonds. The number of benzene rings is 1. The fourth-order valence-corrected chi connectivity index (χ4v) is 1.88. The van der Waals surface area contributed by atoms with Crippen LogP contribution in [0.2, 0.25) is 0 Å². The van der Waals surface area contributed by atoms with Crippen molar-refractivity contribution in [2.75, 3.05) is 25.1 Å². The van der Waals surface area contributed by atoms with Crippen molar-refractivity contribution in [1.29, 1.82) is 0 Å². The molecule has 0 radical (unpaired) electrons. The van der Waals surface area contributed by atoms with Crippen LogP contribution < -0.4 is 10.1 Å². The number of carboxylic acid groups (broad SMARTS) is 1. The summed E-state index contributed by atoms with van der Waals surface area (Å²) in [5.41, 5.74) is 1.01. The molecule has 7 nitrogen and oxygen atoms in total. The lowest BCUT2D eigenvalue weighted by Gasteiger charge is -2.12. The number of aliphatic hydroxyl groups is 1. The Morgan fingerprint density at radius 3 is 2.86 bits per heavy atom. The van der Waals surface area contributed by atoms with Gasteiger partial charge in [-0.05, 0) is 30.7 Å². The summed E-state index contributed by atoms with van der Waals surface area (Å²) < 4.78 is 10.3. The molecule has 1 heterocycles. The minimum Gasteiger partial charge on any atom is -0.491 e. The highest BCUT2D eigenvalue weighted by atomic mass is 16.5. The second kappa shape index (κ2) is 6.27. The SMILES string of the molecule is Cc1cc(OCCO)ccc1NC1=C(C(=O)O)C(=O)CO1. The summed E-state index contributed by atoms with van der Waals surface area (Å²) in [4.78, 5) is 22.5. The predicted octanol–water partition coefficient (Wildman–Crippen LogP) is 0.674. The van der Waals surface area contributed by atoms with Gasteiger partial charge in [0.2, 0.25) is 11.7 Å². The van der Waals surface area contributed by atoms with E-state index in [1.54, 1.807) is 25.1 Å². The Kier molecular flexibility index (Phi) is 4.44. The monoisotopic (exact) mass is 293 g/mol. The lowest BCUT2D eigenvalue weighted by atomic mass is 10.1. The minimum absolute atomic E-state index is 0.0559. The fourth-order valence-electron chi connectivity index (χ4n) is 1.88. The van der Waals surface area contributed by atoms with E-state index in [-0.39, 0.29) is 31.3 Å². The van der Waals surface area contributed by atoms with Crippen LogP contribution in [0.25, 0.3) is 0 Å². The molecule has 3 N–H and O–H groups in total. The number of nitrogens with one attached hydrogen (secondary N) is 1. The first-order chi connectivity index (χ1) is 10.0. The van der Waals surface area contributed by atoms with Crippen LogP contribution in [0.5, 0.6) is 5.75 Å². The number of aliphatic carboxylic acids is 1. The Morgan fingerprint density at radius 1 is 1.48 bits per heavy atom. The molecule has 21 heavy (non-hydrogen) atoms. The third-order valence-electron chi connectivity index (χ3n) is 2.87. The molecule has 0 spiro atoms.